The van der Waals surface area contributed by atoms with Crippen molar-refractivity contribution >= 4 is 23.5 Å². The van der Waals surface area contributed by atoms with Crippen LogP contribution in [-0.4, -0.2) is 28.6 Å². The highest BCUT2D eigenvalue weighted by atomic mass is 16.5. The van der Waals surface area contributed by atoms with Crippen molar-refractivity contribution < 1.29 is 29.0 Å². The average molecular weight is 487 g/mol. The van der Waals surface area contributed by atoms with Crippen LogP contribution in [0.15, 0.2) is 30.3 Å². The molecule has 0 saturated heterocycles. The highest BCUT2D eigenvalue weighted by molar-refractivity contribution is 5.84. The van der Waals surface area contributed by atoms with Crippen molar-refractivity contribution in [3.8, 4) is 0 Å². The minimum Gasteiger partial charge on any atom is -0.481 e. The first kappa shape index (κ1) is 28.7. The lowest BCUT2D eigenvalue weighted by atomic mass is 9.77. The maximum atomic E-state index is 12.2. The summed E-state index contributed by atoms with van der Waals surface area (Å²) in [5, 5.41) is 8.87. The molecular weight excluding hydrogens is 444 g/mol. The van der Waals surface area contributed by atoms with Gasteiger partial charge in [-0.05, 0) is 44.1 Å². The quantitative estimate of drug-likeness (QED) is 0.462. The van der Waals surface area contributed by atoms with Gasteiger partial charge in [-0.3, -0.25) is 19.2 Å². The van der Waals surface area contributed by atoms with E-state index in [1.807, 2.05) is 58.0 Å². The number of benzene rings is 1. The molecule has 0 radical (unpaired) electrons. The Morgan fingerprint density at radius 2 is 1.23 bits per heavy atom. The molecule has 2 saturated carbocycles. The molecule has 3 rings (SSSR count). The van der Waals surface area contributed by atoms with Gasteiger partial charge >= 0.3 is 11.9 Å². The number of carbonyl (C=O) groups is 4. The molecule has 6 heteroatoms. The maximum absolute atomic E-state index is 12.2. The second kappa shape index (κ2) is 14.2. The molecule has 194 valence electrons. The summed E-state index contributed by atoms with van der Waals surface area (Å²) >= 11 is 0. The predicted octanol–water partition coefficient (Wildman–Crippen LogP) is 5.86. The van der Waals surface area contributed by atoms with Crippen molar-refractivity contribution in [3.05, 3.63) is 35.9 Å². The number of aliphatic carboxylic acids is 1. The zero-order chi connectivity index (χ0) is 26.0. The van der Waals surface area contributed by atoms with E-state index in [-0.39, 0.29) is 53.0 Å². The van der Waals surface area contributed by atoms with Crippen LogP contribution in [0.3, 0.4) is 0 Å². The van der Waals surface area contributed by atoms with Crippen molar-refractivity contribution in [2.75, 3.05) is 0 Å². The second-order valence-electron chi connectivity index (χ2n) is 10.7. The molecule has 2 fully saturated rings. The van der Waals surface area contributed by atoms with Gasteiger partial charge in [-0.1, -0.05) is 70.9 Å². The minimum atomic E-state index is -0.744. The van der Waals surface area contributed by atoms with E-state index in [0.29, 0.717) is 19.4 Å². The Morgan fingerprint density at radius 1 is 0.771 bits per heavy atom. The van der Waals surface area contributed by atoms with Crippen LogP contribution in [0, 0.1) is 35.5 Å². The number of esters is 1. The summed E-state index contributed by atoms with van der Waals surface area (Å²) < 4.78 is 5.41. The van der Waals surface area contributed by atoms with E-state index in [1.54, 1.807) is 0 Å². The van der Waals surface area contributed by atoms with E-state index in [9.17, 15) is 19.2 Å². The van der Waals surface area contributed by atoms with Crippen molar-refractivity contribution in [3.63, 3.8) is 0 Å². The van der Waals surface area contributed by atoms with Crippen molar-refractivity contribution in [1.82, 2.24) is 0 Å². The third-order valence-electron chi connectivity index (χ3n) is 7.20. The first-order valence-electron chi connectivity index (χ1n) is 13.1. The SMILES string of the molecule is CC(C)C(=O)C1CCCC(C(=O)O)C1.CC(C)C(=O)C1CCCC(C(=O)OCc2ccccc2)C1. The molecule has 1 N–H and O–H groups in total. The van der Waals surface area contributed by atoms with Crippen LogP contribution in [0.1, 0.15) is 84.6 Å². The summed E-state index contributed by atoms with van der Waals surface area (Å²) in [5.41, 5.74) is 0.997. The Hall–Kier alpha value is -2.50. The molecule has 4 unspecified atom stereocenters. The summed E-state index contributed by atoms with van der Waals surface area (Å²) in [5.74, 6) is -0.677. The number of Topliss-reactive ketones (excluding diaryl/α,β-unsaturated/α-hetero) is 2. The average Bonchev–Trinajstić information content (AvgIpc) is 2.87. The molecule has 0 bridgehead atoms. The molecule has 6 nitrogen and oxygen atoms in total. The van der Waals surface area contributed by atoms with Gasteiger partial charge in [0.15, 0.2) is 0 Å². The van der Waals surface area contributed by atoms with Gasteiger partial charge in [-0.25, -0.2) is 0 Å². The summed E-state index contributed by atoms with van der Waals surface area (Å²) in [6, 6.07) is 9.69. The van der Waals surface area contributed by atoms with E-state index in [1.165, 1.54) is 0 Å². The van der Waals surface area contributed by atoms with Crippen LogP contribution in [0.5, 0.6) is 0 Å². The lowest BCUT2D eigenvalue weighted by Crippen LogP contribution is -2.30. The Balaban J connectivity index is 0.000000269. The summed E-state index contributed by atoms with van der Waals surface area (Å²) in [7, 11) is 0. The largest absolute Gasteiger partial charge is 0.481 e. The molecule has 0 amide bonds. The molecule has 1 aromatic carbocycles. The number of rotatable bonds is 8. The van der Waals surface area contributed by atoms with Crippen molar-refractivity contribution in [1.29, 1.82) is 0 Å². The summed E-state index contributed by atoms with van der Waals surface area (Å²) in [6.07, 6.45) is 6.39. The number of ketones is 2. The van der Waals surface area contributed by atoms with Gasteiger partial charge in [0, 0.05) is 23.7 Å². The zero-order valence-corrected chi connectivity index (χ0v) is 21.7. The number of hydrogen-bond acceptors (Lipinski definition) is 5. The first-order chi connectivity index (χ1) is 16.6. The number of carboxylic acids is 1. The van der Waals surface area contributed by atoms with Gasteiger partial charge in [0.25, 0.3) is 0 Å². The predicted molar refractivity (Wildman–Crippen MR) is 134 cm³/mol. The topological polar surface area (TPSA) is 97.7 Å². The molecule has 0 aromatic heterocycles. The van der Waals surface area contributed by atoms with Gasteiger partial charge in [0.2, 0.25) is 0 Å². The Labute approximate surface area is 209 Å². The Bertz CT molecular complexity index is 844. The lowest BCUT2D eigenvalue weighted by molar-refractivity contribution is -0.152. The summed E-state index contributed by atoms with van der Waals surface area (Å²) in [4.78, 5) is 46.7. The van der Waals surface area contributed by atoms with E-state index in [0.717, 1.165) is 44.1 Å². The molecule has 4 atom stereocenters. The third-order valence-corrected chi connectivity index (χ3v) is 7.20. The third kappa shape index (κ3) is 9.23. The number of ether oxygens (including phenoxy) is 1. The van der Waals surface area contributed by atoms with E-state index in [4.69, 9.17) is 9.84 Å². The molecule has 0 aliphatic heterocycles. The van der Waals surface area contributed by atoms with Crippen LogP contribution >= 0.6 is 0 Å². The number of carboxylic acid groups (broad SMARTS) is 1. The van der Waals surface area contributed by atoms with Gasteiger partial charge in [-0.15, -0.1) is 0 Å². The smallest absolute Gasteiger partial charge is 0.309 e. The highest BCUT2D eigenvalue weighted by Crippen LogP contribution is 2.32. The Morgan fingerprint density at radius 3 is 1.71 bits per heavy atom. The van der Waals surface area contributed by atoms with Gasteiger partial charge in [-0.2, -0.15) is 0 Å². The first-order valence-corrected chi connectivity index (χ1v) is 13.1. The van der Waals surface area contributed by atoms with Crippen LogP contribution in [-0.2, 0) is 30.5 Å². The van der Waals surface area contributed by atoms with Crippen LogP contribution in [0.2, 0.25) is 0 Å². The monoisotopic (exact) mass is 486 g/mol. The number of hydrogen-bond donors (Lipinski definition) is 1. The standard InChI is InChI=1S/C18H24O3.C11H18O3/c1-13(2)17(19)15-9-6-10-16(11-15)18(20)21-12-14-7-4-3-5-8-14;1-7(2)10(12)8-4-3-5-9(6-8)11(13)14/h3-5,7-8,13,15-16H,6,9-12H2,1-2H3;7-9H,3-6H2,1-2H3,(H,13,14). The van der Waals surface area contributed by atoms with Gasteiger partial charge in [0.05, 0.1) is 11.8 Å². The number of carbonyl (C=O) groups excluding carboxylic acids is 3. The molecule has 0 heterocycles. The normalized spacial score (nSPS) is 24.3. The fraction of sp³-hybridized carbons (Fsp3) is 0.655. The van der Waals surface area contributed by atoms with Crippen molar-refractivity contribution in [2.24, 2.45) is 35.5 Å². The van der Waals surface area contributed by atoms with E-state index in [2.05, 4.69) is 0 Å². The highest BCUT2D eigenvalue weighted by Gasteiger charge is 2.33. The maximum Gasteiger partial charge on any atom is 0.309 e. The van der Waals surface area contributed by atoms with Crippen LogP contribution < -0.4 is 0 Å². The lowest BCUT2D eigenvalue weighted by Gasteiger charge is -2.27. The van der Waals surface area contributed by atoms with Gasteiger partial charge in [0.1, 0.15) is 18.2 Å². The van der Waals surface area contributed by atoms with Crippen molar-refractivity contribution in [2.45, 2.75) is 85.7 Å². The van der Waals surface area contributed by atoms with Crippen LogP contribution in [0.25, 0.3) is 0 Å². The summed E-state index contributed by atoms with van der Waals surface area (Å²) in [6.45, 7) is 7.94. The van der Waals surface area contributed by atoms with E-state index >= 15 is 0 Å². The molecule has 35 heavy (non-hydrogen) atoms. The zero-order valence-electron chi connectivity index (χ0n) is 21.7. The molecule has 0 spiro atoms. The second-order valence-corrected chi connectivity index (χ2v) is 10.7. The van der Waals surface area contributed by atoms with Gasteiger partial charge < -0.3 is 9.84 Å². The van der Waals surface area contributed by atoms with E-state index < -0.39 is 5.97 Å². The molecule has 2 aliphatic carbocycles. The molecule has 2 aliphatic rings. The fourth-order valence-electron chi connectivity index (χ4n) is 5.12. The van der Waals surface area contributed by atoms with Crippen LogP contribution in [0.4, 0.5) is 0 Å². The fourth-order valence-corrected chi connectivity index (χ4v) is 5.12. The molecular formula is C29H42O6. The Kier molecular flexibility index (Phi) is 11.6. The molecule has 1 aromatic rings. The minimum absolute atomic E-state index is 0.00940.